The molecule has 2 N–H and O–H groups in total. The summed E-state index contributed by atoms with van der Waals surface area (Å²) in [7, 11) is 1.74. The van der Waals surface area contributed by atoms with Crippen molar-refractivity contribution < 1.29 is 9.90 Å². The maximum Gasteiger partial charge on any atom is 0.254 e. The van der Waals surface area contributed by atoms with Gasteiger partial charge >= 0.3 is 0 Å². The third-order valence-electron chi connectivity index (χ3n) is 3.96. The fourth-order valence-corrected chi connectivity index (χ4v) is 3.02. The van der Waals surface area contributed by atoms with Crippen LogP contribution in [0.4, 0.5) is 0 Å². The summed E-state index contributed by atoms with van der Waals surface area (Å²) in [6.45, 7) is 2.23. The summed E-state index contributed by atoms with van der Waals surface area (Å²) in [5, 5.41) is 13.5. The van der Waals surface area contributed by atoms with Gasteiger partial charge in [0.15, 0.2) is 0 Å². The second kappa shape index (κ2) is 8.32. The molecule has 22 heavy (non-hydrogen) atoms. The molecule has 2 rings (SSSR count). The highest BCUT2D eigenvalue weighted by atomic mass is 35.5. The smallest absolute Gasteiger partial charge is 0.254 e. The highest BCUT2D eigenvalue weighted by molar-refractivity contribution is 6.30. The molecule has 0 spiro atoms. The van der Waals surface area contributed by atoms with Gasteiger partial charge in [0.2, 0.25) is 0 Å². The standard InChI is InChI=1S/C17H23ClN2O2/c1-20(11-16(18)13-6-4-9-19-10-8-13)17(22)15-7-3-2-5-14(15)12-21/h2-3,5,7,19,21H,4,6,8-12H2,1H3/b16-13+. The summed E-state index contributed by atoms with van der Waals surface area (Å²) in [6, 6.07) is 7.12. The van der Waals surface area contributed by atoms with Crippen molar-refractivity contribution in [3.8, 4) is 0 Å². The number of hydrogen-bond acceptors (Lipinski definition) is 3. The lowest BCUT2D eigenvalue weighted by Crippen LogP contribution is -2.29. The number of carbonyl (C=O) groups excluding carboxylic acids is 1. The molecular weight excluding hydrogens is 300 g/mol. The molecule has 0 saturated carbocycles. The number of amides is 1. The summed E-state index contributed by atoms with van der Waals surface area (Å²) >= 11 is 6.44. The summed E-state index contributed by atoms with van der Waals surface area (Å²) in [4.78, 5) is 14.1. The van der Waals surface area contributed by atoms with Crippen LogP contribution in [0.2, 0.25) is 0 Å². The van der Waals surface area contributed by atoms with Gasteiger partial charge in [-0.05, 0) is 44.0 Å². The van der Waals surface area contributed by atoms with Crippen molar-refractivity contribution in [1.82, 2.24) is 10.2 Å². The van der Waals surface area contributed by atoms with Crippen molar-refractivity contribution in [2.45, 2.75) is 25.9 Å². The van der Waals surface area contributed by atoms with Crippen LogP contribution in [-0.4, -0.2) is 42.6 Å². The van der Waals surface area contributed by atoms with E-state index in [1.54, 1.807) is 30.1 Å². The van der Waals surface area contributed by atoms with E-state index >= 15 is 0 Å². The number of rotatable bonds is 4. The number of aliphatic hydroxyl groups excluding tert-OH is 1. The molecule has 0 aromatic heterocycles. The lowest BCUT2D eigenvalue weighted by atomic mass is 10.1. The summed E-state index contributed by atoms with van der Waals surface area (Å²) < 4.78 is 0. The second-order valence-electron chi connectivity index (χ2n) is 5.59. The largest absolute Gasteiger partial charge is 0.392 e. The third-order valence-corrected chi connectivity index (χ3v) is 4.35. The van der Waals surface area contributed by atoms with E-state index in [4.69, 9.17) is 11.6 Å². The fraction of sp³-hybridized carbons (Fsp3) is 0.471. The fourth-order valence-electron chi connectivity index (χ4n) is 2.65. The van der Waals surface area contributed by atoms with E-state index in [9.17, 15) is 9.90 Å². The molecule has 1 aliphatic heterocycles. The molecule has 0 radical (unpaired) electrons. The summed E-state index contributed by atoms with van der Waals surface area (Å²) in [5.74, 6) is -0.116. The number of likely N-dealkylation sites (N-methyl/N-ethyl adjacent to an activating group) is 1. The van der Waals surface area contributed by atoms with Crippen LogP contribution >= 0.6 is 11.6 Å². The number of aliphatic hydroxyl groups is 1. The van der Waals surface area contributed by atoms with Gasteiger partial charge in [-0.2, -0.15) is 0 Å². The molecule has 0 atom stereocenters. The van der Waals surface area contributed by atoms with Crippen molar-refractivity contribution >= 4 is 17.5 Å². The van der Waals surface area contributed by atoms with Gasteiger partial charge in [0, 0.05) is 17.6 Å². The quantitative estimate of drug-likeness (QED) is 0.895. The van der Waals surface area contributed by atoms with Gasteiger partial charge in [0.25, 0.3) is 5.91 Å². The predicted molar refractivity (Wildman–Crippen MR) is 88.9 cm³/mol. The molecule has 120 valence electrons. The lowest BCUT2D eigenvalue weighted by molar-refractivity contribution is 0.0805. The minimum absolute atomic E-state index is 0.116. The van der Waals surface area contributed by atoms with Crippen molar-refractivity contribution in [2.24, 2.45) is 0 Å². The minimum Gasteiger partial charge on any atom is -0.392 e. The second-order valence-corrected chi connectivity index (χ2v) is 6.04. The number of hydrogen-bond donors (Lipinski definition) is 2. The van der Waals surface area contributed by atoms with Crippen LogP contribution in [0.15, 0.2) is 34.9 Å². The van der Waals surface area contributed by atoms with Gasteiger partial charge < -0.3 is 15.3 Å². The van der Waals surface area contributed by atoms with Crippen LogP contribution < -0.4 is 5.32 Å². The number of carbonyl (C=O) groups is 1. The van der Waals surface area contributed by atoms with Crippen molar-refractivity contribution in [1.29, 1.82) is 0 Å². The molecule has 0 unspecified atom stereocenters. The first-order valence-corrected chi connectivity index (χ1v) is 8.02. The van der Waals surface area contributed by atoms with E-state index in [1.165, 1.54) is 5.57 Å². The molecule has 1 amide bonds. The Morgan fingerprint density at radius 3 is 2.86 bits per heavy atom. The topological polar surface area (TPSA) is 52.6 Å². The number of halogens is 1. The first kappa shape index (κ1) is 17.0. The number of nitrogens with zero attached hydrogens (tertiary/aromatic N) is 1. The van der Waals surface area contributed by atoms with Gasteiger partial charge in [-0.1, -0.05) is 35.4 Å². The monoisotopic (exact) mass is 322 g/mol. The van der Waals surface area contributed by atoms with Crippen molar-refractivity contribution in [3.63, 3.8) is 0 Å². The summed E-state index contributed by atoms with van der Waals surface area (Å²) in [6.07, 6.45) is 3.01. The Balaban J connectivity index is 2.09. The number of nitrogens with one attached hydrogen (secondary N) is 1. The van der Waals surface area contributed by atoms with Crippen molar-refractivity contribution in [2.75, 3.05) is 26.7 Å². The van der Waals surface area contributed by atoms with Gasteiger partial charge in [-0.3, -0.25) is 4.79 Å². The summed E-state index contributed by atoms with van der Waals surface area (Å²) in [5.41, 5.74) is 2.41. The van der Waals surface area contributed by atoms with E-state index in [0.29, 0.717) is 17.7 Å². The Bertz CT molecular complexity index is 547. The maximum atomic E-state index is 12.5. The Labute approximate surface area is 136 Å². The van der Waals surface area contributed by atoms with E-state index in [1.807, 2.05) is 6.07 Å². The average molecular weight is 323 g/mol. The third kappa shape index (κ3) is 4.32. The van der Waals surface area contributed by atoms with Gasteiger partial charge in [0.1, 0.15) is 0 Å². The van der Waals surface area contributed by atoms with Gasteiger partial charge in [-0.15, -0.1) is 0 Å². The SMILES string of the molecule is CN(C/C(Cl)=C1/CCCNCC1)C(=O)c1ccccc1CO. The van der Waals surface area contributed by atoms with Crippen LogP contribution in [0, 0.1) is 0 Å². The lowest BCUT2D eigenvalue weighted by Gasteiger charge is -2.20. The van der Waals surface area contributed by atoms with Crippen LogP contribution in [0.25, 0.3) is 0 Å². The molecule has 1 aromatic carbocycles. The highest BCUT2D eigenvalue weighted by Gasteiger charge is 2.17. The maximum absolute atomic E-state index is 12.5. The molecule has 0 bridgehead atoms. The Hall–Kier alpha value is -1.36. The van der Waals surface area contributed by atoms with Crippen LogP contribution in [-0.2, 0) is 6.61 Å². The normalized spacial score (nSPS) is 17.8. The molecule has 1 heterocycles. The molecular formula is C17H23ClN2O2. The number of benzene rings is 1. The average Bonchev–Trinajstić information content (AvgIpc) is 2.83. The van der Waals surface area contributed by atoms with Crippen molar-refractivity contribution in [3.05, 3.63) is 46.0 Å². The molecule has 4 nitrogen and oxygen atoms in total. The first-order valence-electron chi connectivity index (χ1n) is 7.65. The predicted octanol–water partition coefficient (Wildman–Crippen LogP) is 2.52. The molecule has 0 aliphatic carbocycles. The zero-order valence-corrected chi connectivity index (χ0v) is 13.7. The molecule has 1 aliphatic rings. The van der Waals surface area contributed by atoms with E-state index < -0.39 is 0 Å². The molecule has 1 aromatic rings. The van der Waals surface area contributed by atoms with E-state index in [0.717, 1.165) is 37.4 Å². The van der Waals surface area contributed by atoms with Crippen LogP contribution in [0.5, 0.6) is 0 Å². The van der Waals surface area contributed by atoms with Crippen LogP contribution in [0.1, 0.15) is 35.2 Å². The van der Waals surface area contributed by atoms with Gasteiger partial charge in [0.05, 0.1) is 13.2 Å². The van der Waals surface area contributed by atoms with E-state index in [-0.39, 0.29) is 12.5 Å². The molecule has 5 heteroatoms. The molecule has 1 fully saturated rings. The molecule has 1 saturated heterocycles. The van der Waals surface area contributed by atoms with E-state index in [2.05, 4.69) is 5.32 Å². The first-order chi connectivity index (χ1) is 10.6. The van der Waals surface area contributed by atoms with Crippen LogP contribution in [0.3, 0.4) is 0 Å². The Morgan fingerprint density at radius 2 is 2.09 bits per heavy atom. The minimum atomic E-state index is -0.143. The zero-order valence-electron chi connectivity index (χ0n) is 12.9. The highest BCUT2D eigenvalue weighted by Crippen LogP contribution is 2.21. The van der Waals surface area contributed by atoms with Gasteiger partial charge in [-0.25, -0.2) is 0 Å². The Kier molecular flexibility index (Phi) is 6.43. The Morgan fingerprint density at radius 1 is 1.32 bits per heavy atom. The zero-order chi connectivity index (χ0) is 15.9.